The van der Waals surface area contributed by atoms with E-state index in [1.807, 2.05) is 31.2 Å². The zero-order valence-electron chi connectivity index (χ0n) is 27.4. The van der Waals surface area contributed by atoms with Crippen LogP contribution in [0.15, 0.2) is 36.4 Å². The third-order valence-electron chi connectivity index (χ3n) is 9.17. The summed E-state index contributed by atoms with van der Waals surface area (Å²) >= 11 is 0. The van der Waals surface area contributed by atoms with Crippen LogP contribution in [-0.4, -0.2) is 107 Å². The standard InChI is InChI=1S/C36H54N4O4/c1-4-43-26-22-39(2)21-13-7-5-11-19-37-31-17-18-32(34-33(31)35(41)29-15-9-10-16-30(29)36(34)42)38-20-12-6-8-14-23-40(3)24-27-44-28-25-40/h9-10,15-18H,4-8,11-14,19-28H2,1-3H3,(H-,37,38,41,42)/p+1. The van der Waals surface area contributed by atoms with Gasteiger partial charge >= 0.3 is 0 Å². The molecule has 1 fully saturated rings. The number of carbonyl (C=O) groups excluding carboxylic acids is 2. The summed E-state index contributed by atoms with van der Waals surface area (Å²) in [5, 5.41) is 7.01. The van der Waals surface area contributed by atoms with Crippen LogP contribution in [0.2, 0.25) is 0 Å². The summed E-state index contributed by atoms with van der Waals surface area (Å²) in [4.78, 5) is 29.8. The third kappa shape index (κ3) is 9.61. The Balaban J connectivity index is 1.28. The molecular formula is C36H55N4O4+. The molecule has 0 amide bonds. The second-order valence-electron chi connectivity index (χ2n) is 12.7. The van der Waals surface area contributed by atoms with Gasteiger partial charge in [-0.1, -0.05) is 43.5 Å². The molecule has 242 valence electrons. The van der Waals surface area contributed by atoms with E-state index in [9.17, 15) is 9.59 Å². The second kappa shape index (κ2) is 17.6. The zero-order chi connectivity index (χ0) is 31.2. The van der Waals surface area contributed by atoms with Crippen molar-refractivity contribution in [2.45, 2.75) is 58.3 Å². The Morgan fingerprint density at radius 2 is 1.32 bits per heavy atom. The van der Waals surface area contributed by atoms with Crippen molar-refractivity contribution in [3.8, 4) is 0 Å². The number of ether oxygens (including phenoxy) is 2. The highest BCUT2D eigenvalue weighted by molar-refractivity contribution is 6.31. The minimum atomic E-state index is -0.0730. The number of fused-ring (bicyclic) bond motifs is 2. The van der Waals surface area contributed by atoms with Gasteiger partial charge in [-0.2, -0.15) is 0 Å². The molecule has 0 aromatic heterocycles. The summed E-state index contributed by atoms with van der Waals surface area (Å²) in [6.45, 7) is 12.4. The molecule has 0 spiro atoms. The lowest BCUT2D eigenvalue weighted by Gasteiger charge is -2.37. The van der Waals surface area contributed by atoms with E-state index in [1.165, 1.54) is 25.8 Å². The number of likely N-dealkylation sites (N-methyl/N-ethyl adjacent to an activating group) is 2. The van der Waals surface area contributed by atoms with Gasteiger partial charge in [-0.3, -0.25) is 9.59 Å². The van der Waals surface area contributed by atoms with Crippen molar-refractivity contribution in [1.82, 2.24) is 4.90 Å². The van der Waals surface area contributed by atoms with Gasteiger partial charge < -0.3 is 29.5 Å². The molecule has 0 saturated carbocycles. The molecule has 4 rings (SSSR count). The van der Waals surface area contributed by atoms with Gasteiger partial charge in [0.2, 0.25) is 0 Å². The Bertz CT molecular complexity index is 1210. The van der Waals surface area contributed by atoms with E-state index in [1.54, 1.807) is 12.1 Å². The number of anilines is 2. The summed E-state index contributed by atoms with van der Waals surface area (Å²) in [6, 6.07) is 11.2. The molecule has 1 aliphatic carbocycles. The van der Waals surface area contributed by atoms with Gasteiger partial charge in [-0.05, 0) is 64.8 Å². The van der Waals surface area contributed by atoms with Gasteiger partial charge in [-0.15, -0.1) is 0 Å². The highest BCUT2D eigenvalue weighted by atomic mass is 16.5. The minimum absolute atomic E-state index is 0.0720. The molecule has 44 heavy (non-hydrogen) atoms. The number of ketones is 2. The van der Waals surface area contributed by atoms with Crippen LogP contribution in [-0.2, 0) is 9.47 Å². The summed E-state index contributed by atoms with van der Waals surface area (Å²) in [5.41, 5.74) is 3.54. The molecule has 2 aromatic carbocycles. The zero-order valence-corrected chi connectivity index (χ0v) is 27.4. The number of hydrogen-bond acceptors (Lipinski definition) is 7. The summed E-state index contributed by atoms with van der Waals surface area (Å²) < 4.78 is 12.1. The maximum atomic E-state index is 13.7. The number of carbonyl (C=O) groups is 2. The van der Waals surface area contributed by atoms with E-state index in [0.717, 1.165) is 114 Å². The maximum absolute atomic E-state index is 13.7. The molecule has 8 heteroatoms. The van der Waals surface area contributed by atoms with Gasteiger partial charge in [0.05, 0.1) is 44.5 Å². The van der Waals surface area contributed by atoms with E-state index in [0.29, 0.717) is 22.3 Å². The first-order valence-corrected chi connectivity index (χ1v) is 16.9. The minimum Gasteiger partial charge on any atom is -0.384 e. The fourth-order valence-electron chi connectivity index (χ4n) is 6.28. The van der Waals surface area contributed by atoms with Gasteiger partial charge in [0.15, 0.2) is 11.6 Å². The number of nitrogens with zero attached hydrogens (tertiary/aromatic N) is 2. The third-order valence-corrected chi connectivity index (χ3v) is 9.17. The second-order valence-corrected chi connectivity index (χ2v) is 12.7. The number of morpholine rings is 1. The fraction of sp³-hybridized carbons (Fsp3) is 0.611. The van der Waals surface area contributed by atoms with Crippen LogP contribution in [0.1, 0.15) is 90.1 Å². The number of benzene rings is 2. The molecule has 2 aliphatic rings. The first kappa shape index (κ1) is 34.1. The molecule has 2 aromatic rings. The quantitative estimate of drug-likeness (QED) is 0.123. The van der Waals surface area contributed by atoms with Gasteiger partial charge in [0.1, 0.15) is 13.1 Å². The van der Waals surface area contributed by atoms with Crippen molar-refractivity contribution in [2.24, 2.45) is 0 Å². The molecule has 8 nitrogen and oxygen atoms in total. The van der Waals surface area contributed by atoms with Crippen molar-refractivity contribution in [3.63, 3.8) is 0 Å². The molecule has 2 N–H and O–H groups in total. The predicted molar refractivity (Wildman–Crippen MR) is 179 cm³/mol. The number of nitrogens with one attached hydrogen (secondary N) is 2. The van der Waals surface area contributed by atoms with Crippen molar-refractivity contribution in [3.05, 3.63) is 58.7 Å². The SMILES string of the molecule is CCOCCN(C)CCCCCCNc1ccc(NCCCCCC[N+]2(C)CCOCC2)c2c1C(=O)c1ccccc1C2=O. The van der Waals surface area contributed by atoms with Crippen LogP contribution in [0, 0.1) is 0 Å². The Labute approximate surface area is 265 Å². The van der Waals surface area contributed by atoms with Crippen LogP contribution in [0.25, 0.3) is 0 Å². The van der Waals surface area contributed by atoms with Crippen molar-refractivity contribution in [2.75, 3.05) is 97.0 Å². The monoisotopic (exact) mass is 607 g/mol. The van der Waals surface area contributed by atoms with E-state index in [-0.39, 0.29) is 11.6 Å². The largest absolute Gasteiger partial charge is 0.384 e. The lowest BCUT2D eigenvalue weighted by atomic mass is 9.82. The molecule has 0 radical (unpaired) electrons. The average molecular weight is 608 g/mol. The van der Waals surface area contributed by atoms with Gasteiger partial charge in [-0.25, -0.2) is 0 Å². The average Bonchev–Trinajstić information content (AvgIpc) is 3.03. The van der Waals surface area contributed by atoms with E-state index < -0.39 is 0 Å². The topological polar surface area (TPSA) is 79.9 Å². The number of unbranched alkanes of at least 4 members (excludes halogenated alkanes) is 6. The normalized spacial score (nSPS) is 15.7. The van der Waals surface area contributed by atoms with Crippen molar-refractivity contribution >= 4 is 22.9 Å². The van der Waals surface area contributed by atoms with E-state index >= 15 is 0 Å². The van der Waals surface area contributed by atoms with E-state index in [2.05, 4.69) is 29.6 Å². The highest BCUT2D eigenvalue weighted by Crippen LogP contribution is 2.36. The molecule has 1 saturated heterocycles. The van der Waals surface area contributed by atoms with Crippen LogP contribution in [0.4, 0.5) is 11.4 Å². The lowest BCUT2D eigenvalue weighted by Crippen LogP contribution is -2.52. The van der Waals surface area contributed by atoms with Crippen molar-refractivity contribution in [1.29, 1.82) is 0 Å². The molecule has 0 bridgehead atoms. The number of quaternary nitrogens is 1. The molecule has 1 aliphatic heterocycles. The summed E-state index contributed by atoms with van der Waals surface area (Å²) in [6.07, 6.45) is 9.07. The fourth-order valence-corrected chi connectivity index (χ4v) is 6.28. The lowest BCUT2D eigenvalue weighted by molar-refractivity contribution is -0.917. The van der Waals surface area contributed by atoms with E-state index in [4.69, 9.17) is 9.47 Å². The molecule has 0 atom stereocenters. The smallest absolute Gasteiger partial charge is 0.196 e. The molecule has 0 unspecified atom stereocenters. The number of rotatable bonds is 20. The highest BCUT2D eigenvalue weighted by Gasteiger charge is 2.33. The Hall–Kier alpha value is -2.78. The summed E-state index contributed by atoms with van der Waals surface area (Å²) in [5.74, 6) is -0.145. The Morgan fingerprint density at radius 1 is 0.773 bits per heavy atom. The first-order valence-electron chi connectivity index (χ1n) is 16.9. The Kier molecular flexibility index (Phi) is 13.7. The van der Waals surface area contributed by atoms with Crippen molar-refractivity contribution < 1.29 is 23.5 Å². The predicted octanol–water partition coefficient (Wildman–Crippen LogP) is 5.85. The molecule has 1 heterocycles. The van der Waals surface area contributed by atoms with Crippen LogP contribution in [0.5, 0.6) is 0 Å². The van der Waals surface area contributed by atoms with Crippen LogP contribution < -0.4 is 10.6 Å². The first-order chi connectivity index (χ1) is 21.4. The Morgan fingerprint density at radius 3 is 1.89 bits per heavy atom. The van der Waals surface area contributed by atoms with Crippen LogP contribution in [0.3, 0.4) is 0 Å². The molecular weight excluding hydrogens is 552 g/mol. The maximum Gasteiger partial charge on any atom is 0.196 e. The van der Waals surface area contributed by atoms with Gasteiger partial charge in [0, 0.05) is 48.7 Å². The summed E-state index contributed by atoms with van der Waals surface area (Å²) in [7, 11) is 4.49. The number of hydrogen-bond donors (Lipinski definition) is 2. The van der Waals surface area contributed by atoms with Gasteiger partial charge in [0.25, 0.3) is 0 Å². The van der Waals surface area contributed by atoms with Crippen LogP contribution >= 0.6 is 0 Å².